The van der Waals surface area contributed by atoms with Crippen LogP contribution in [-0.2, 0) is 9.59 Å². The summed E-state index contributed by atoms with van der Waals surface area (Å²) >= 11 is 0. The van der Waals surface area contributed by atoms with Crippen LogP contribution in [0.1, 0.15) is 55.8 Å². The number of piperidine rings is 1. The molecule has 0 spiro atoms. The maximum absolute atomic E-state index is 12.9. The number of nitrogens with zero attached hydrogens (tertiary/aromatic N) is 2. The van der Waals surface area contributed by atoms with Gasteiger partial charge < -0.3 is 21.1 Å². The maximum Gasteiger partial charge on any atom is 0.313 e. The predicted octanol–water partition coefficient (Wildman–Crippen LogP) is 1.30. The van der Waals surface area contributed by atoms with E-state index >= 15 is 0 Å². The number of hydrogen-bond donors (Lipinski definition) is 3. The molecule has 1 aliphatic carbocycles. The summed E-state index contributed by atoms with van der Waals surface area (Å²) in [5, 5.41) is 12.6. The van der Waals surface area contributed by atoms with E-state index in [0.717, 1.165) is 32.1 Å². The van der Waals surface area contributed by atoms with Crippen LogP contribution in [0.4, 0.5) is 5.69 Å². The highest BCUT2D eigenvalue weighted by molar-refractivity contribution is 6.39. The molecule has 28 heavy (non-hydrogen) atoms. The molecule has 1 aromatic heterocycles. The summed E-state index contributed by atoms with van der Waals surface area (Å²) in [6, 6.07) is 1.37. The number of hydrogen-bond acceptors (Lipinski definition) is 5. The van der Waals surface area contributed by atoms with Gasteiger partial charge in [0.1, 0.15) is 0 Å². The van der Waals surface area contributed by atoms with Crippen LogP contribution in [0.2, 0.25) is 0 Å². The predicted molar refractivity (Wildman–Crippen MR) is 103 cm³/mol. The van der Waals surface area contributed by atoms with Crippen LogP contribution in [0, 0.1) is 11.8 Å². The van der Waals surface area contributed by atoms with Gasteiger partial charge in [-0.1, -0.05) is 13.3 Å². The first-order valence-corrected chi connectivity index (χ1v) is 9.90. The number of carbonyl (C=O) groups is 3. The second-order valence-electron chi connectivity index (χ2n) is 8.07. The summed E-state index contributed by atoms with van der Waals surface area (Å²) in [5.41, 5.74) is 5.64. The van der Waals surface area contributed by atoms with Gasteiger partial charge in [-0.2, -0.15) is 0 Å². The van der Waals surface area contributed by atoms with Crippen LogP contribution in [0.25, 0.3) is 0 Å². The second kappa shape index (κ2) is 8.68. The van der Waals surface area contributed by atoms with Gasteiger partial charge >= 0.3 is 11.8 Å². The summed E-state index contributed by atoms with van der Waals surface area (Å²) in [6.45, 7) is 2.60. The zero-order chi connectivity index (χ0) is 20.3. The number of nitrogens with two attached hydrogens (primary N) is 1. The van der Waals surface area contributed by atoms with Crippen molar-refractivity contribution in [2.75, 3.05) is 11.9 Å². The molecular formula is C20H28N4O4. The minimum Gasteiger partial charge on any atom is -0.393 e. The van der Waals surface area contributed by atoms with Crippen LogP contribution in [-0.4, -0.2) is 51.4 Å². The van der Waals surface area contributed by atoms with Crippen molar-refractivity contribution in [3.8, 4) is 0 Å². The van der Waals surface area contributed by atoms with Crippen LogP contribution in [0.3, 0.4) is 0 Å². The smallest absolute Gasteiger partial charge is 0.313 e. The molecule has 8 heteroatoms. The fourth-order valence-corrected chi connectivity index (χ4v) is 4.41. The van der Waals surface area contributed by atoms with Crippen LogP contribution >= 0.6 is 0 Å². The molecule has 2 fully saturated rings. The van der Waals surface area contributed by atoms with E-state index in [9.17, 15) is 19.5 Å². The normalized spacial score (nSPS) is 27.9. The summed E-state index contributed by atoms with van der Waals surface area (Å²) in [7, 11) is 0. The highest BCUT2D eigenvalue weighted by atomic mass is 16.3. The second-order valence-corrected chi connectivity index (χ2v) is 8.07. The van der Waals surface area contributed by atoms with Gasteiger partial charge in [0.05, 0.1) is 23.6 Å². The zero-order valence-corrected chi connectivity index (χ0v) is 16.1. The van der Waals surface area contributed by atoms with Crippen molar-refractivity contribution < 1.29 is 19.5 Å². The summed E-state index contributed by atoms with van der Waals surface area (Å²) in [4.78, 5) is 42.4. The average molecular weight is 388 g/mol. The molecule has 0 bridgehead atoms. The first-order chi connectivity index (χ1) is 13.3. The molecule has 3 rings (SSSR count). The molecule has 1 saturated carbocycles. The molecule has 4 atom stereocenters. The molecule has 0 aromatic carbocycles. The number of pyridine rings is 1. The van der Waals surface area contributed by atoms with Crippen molar-refractivity contribution in [3.63, 3.8) is 0 Å². The van der Waals surface area contributed by atoms with Crippen molar-refractivity contribution in [3.05, 3.63) is 24.0 Å². The highest BCUT2D eigenvalue weighted by Crippen LogP contribution is 2.35. The first-order valence-electron chi connectivity index (χ1n) is 9.90. The Morgan fingerprint density at radius 2 is 2.00 bits per heavy atom. The third-order valence-electron chi connectivity index (χ3n) is 5.83. The van der Waals surface area contributed by atoms with E-state index in [1.54, 1.807) is 4.90 Å². The van der Waals surface area contributed by atoms with Gasteiger partial charge in [0, 0.05) is 18.8 Å². The summed E-state index contributed by atoms with van der Waals surface area (Å²) in [6.07, 6.45) is 7.58. The number of nitrogens with one attached hydrogen (secondary N) is 1. The van der Waals surface area contributed by atoms with Gasteiger partial charge in [-0.3, -0.25) is 19.4 Å². The first kappa shape index (κ1) is 20.3. The lowest BCUT2D eigenvalue weighted by atomic mass is 9.77. The Morgan fingerprint density at radius 3 is 2.71 bits per heavy atom. The number of aromatic nitrogens is 1. The number of amides is 3. The molecule has 8 nitrogen and oxygen atoms in total. The maximum atomic E-state index is 12.9. The van der Waals surface area contributed by atoms with Crippen LogP contribution in [0.15, 0.2) is 18.5 Å². The Labute approximate surface area is 164 Å². The number of anilines is 1. The standard InChI is InChI=1S/C20H28N4O4/c1-12-5-6-17(13-3-2-4-16(25)8-13)24(11-12)20(28)19(27)23-15-7-14(18(21)26)9-22-10-15/h7,9-10,12-13,16-17,25H,2-6,8,11H2,1H3,(H2,21,26)(H,23,27)/t12-,13+,16-,17+/m1/s1. The van der Waals surface area contributed by atoms with Gasteiger partial charge in [0.15, 0.2) is 0 Å². The molecule has 0 unspecified atom stereocenters. The molecular weight excluding hydrogens is 360 g/mol. The number of aliphatic hydroxyl groups is 1. The molecule has 1 aliphatic heterocycles. The van der Waals surface area contributed by atoms with Crippen molar-refractivity contribution in [2.24, 2.45) is 17.6 Å². The van der Waals surface area contributed by atoms with Gasteiger partial charge in [-0.15, -0.1) is 0 Å². The number of carbonyl (C=O) groups excluding carboxylic acids is 3. The number of aliphatic hydroxyl groups excluding tert-OH is 1. The van der Waals surface area contributed by atoms with E-state index in [0.29, 0.717) is 18.9 Å². The van der Waals surface area contributed by atoms with E-state index in [-0.39, 0.29) is 29.3 Å². The Morgan fingerprint density at radius 1 is 1.21 bits per heavy atom. The topological polar surface area (TPSA) is 126 Å². The number of likely N-dealkylation sites (tertiary alicyclic amines) is 1. The number of rotatable bonds is 3. The quantitative estimate of drug-likeness (QED) is 0.673. The molecule has 2 heterocycles. The van der Waals surface area contributed by atoms with Crippen LogP contribution < -0.4 is 11.1 Å². The SMILES string of the molecule is C[C@@H]1CC[C@@H]([C@H]2CCC[C@@H](O)C2)N(C(=O)C(=O)Nc2cncc(C(N)=O)c2)C1. The molecule has 4 N–H and O–H groups in total. The van der Waals surface area contributed by atoms with Crippen molar-refractivity contribution in [1.82, 2.24) is 9.88 Å². The third-order valence-corrected chi connectivity index (χ3v) is 5.83. The van der Waals surface area contributed by atoms with E-state index in [1.807, 2.05) is 0 Å². The van der Waals surface area contributed by atoms with Gasteiger partial charge in [0.25, 0.3) is 0 Å². The molecule has 1 aromatic rings. The summed E-state index contributed by atoms with van der Waals surface area (Å²) in [5.74, 6) is -1.45. The average Bonchev–Trinajstić information content (AvgIpc) is 2.67. The fourth-order valence-electron chi connectivity index (χ4n) is 4.41. The van der Waals surface area contributed by atoms with Gasteiger partial charge in [-0.05, 0) is 50.0 Å². The molecule has 1 saturated heterocycles. The lowest BCUT2D eigenvalue weighted by Gasteiger charge is -2.44. The van der Waals surface area contributed by atoms with Crippen molar-refractivity contribution >= 4 is 23.4 Å². The Kier molecular flexibility index (Phi) is 6.28. The van der Waals surface area contributed by atoms with E-state index in [4.69, 9.17) is 5.73 Å². The molecule has 3 amide bonds. The Hall–Kier alpha value is -2.48. The van der Waals surface area contributed by atoms with Crippen molar-refractivity contribution in [2.45, 2.75) is 57.6 Å². The minimum absolute atomic E-state index is 0.0283. The highest BCUT2D eigenvalue weighted by Gasteiger charge is 2.39. The van der Waals surface area contributed by atoms with E-state index in [1.165, 1.54) is 18.5 Å². The largest absolute Gasteiger partial charge is 0.393 e. The molecule has 2 aliphatic rings. The van der Waals surface area contributed by atoms with Gasteiger partial charge in [-0.25, -0.2) is 0 Å². The molecule has 152 valence electrons. The van der Waals surface area contributed by atoms with E-state index in [2.05, 4.69) is 17.2 Å². The zero-order valence-electron chi connectivity index (χ0n) is 16.1. The minimum atomic E-state index is -0.751. The molecule has 0 radical (unpaired) electrons. The monoisotopic (exact) mass is 388 g/mol. The van der Waals surface area contributed by atoms with Gasteiger partial charge in [0.2, 0.25) is 5.91 Å². The lowest BCUT2D eigenvalue weighted by Crippen LogP contribution is -2.54. The number of primary amides is 1. The Bertz CT molecular complexity index is 753. The van der Waals surface area contributed by atoms with Crippen molar-refractivity contribution in [1.29, 1.82) is 0 Å². The van der Waals surface area contributed by atoms with Crippen LogP contribution in [0.5, 0.6) is 0 Å². The summed E-state index contributed by atoms with van der Waals surface area (Å²) < 4.78 is 0. The van der Waals surface area contributed by atoms with E-state index < -0.39 is 17.7 Å². The fraction of sp³-hybridized carbons (Fsp3) is 0.600. The lowest BCUT2D eigenvalue weighted by molar-refractivity contribution is -0.148. The Balaban J connectivity index is 1.72. The third kappa shape index (κ3) is 4.67.